The van der Waals surface area contributed by atoms with Gasteiger partial charge >= 0.3 is 0 Å². The first-order chi connectivity index (χ1) is 10.5. The molecule has 1 aromatic carbocycles. The largest absolute Gasteiger partial charge is 0.462 e. The average molecular weight is 315 g/mol. The lowest BCUT2D eigenvalue weighted by atomic mass is 9.99. The first-order valence-corrected chi connectivity index (χ1v) is 6.54. The summed E-state index contributed by atoms with van der Waals surface area (Å²) in [7, 11) is 1.31. The molecule has 1 aromatic rings. The van der Waals surface area contributed by atoms with Crippen molar-refractivity contribution in [2.75, 3.05) is 13.7 Å². The number of hydrogen-bond donors (Lipinski definition) is 3. The summed E-state index contributed by atoms with van der Waals surface area (Å²) in [5.74, 6) is 0.234. The molecule has 0 aliphatic carbocycles. The molecule has 1 aliphatic heterocycles. The molecule has 1 heterocycles. The van der Waals surface area contributed by atoms with Gasteiger partial charge in [-0.2, -0.15) is 0 Å². The van der Waals surface area contributed by atoms with E-state index in [0.717, 1.165) is 0 Å². The zero-order valence-corrected chi connectivity index (χ0v) is 11.7. The average Bonchev–Trinajstić information content (AvgIpc) is 2.51. The molecule has 9 heteroatoms. The minimum absolute atomic E-state index is 0.101. The smallest absolute Gasteiger partial charge is 0.269 e. The van der Waals surface area contributed by atoms with E-state index in [0.29, 0.717) is 0 Å². The predicted molar refractivity (Wildman–Crippen MR) is 72.3 cm³/mol. The van der Waals surface area contributed by atoms with Gasteiger partial charge in [0.2, 0.25) is 6.29 Å². The molecule has 0 amide bonds. The number of aliphatic hydroxyl groups excluding tert-OH is 3. The molecule has 122 valence electrons. The SMILES string of the molecule is CO[C@@H]1[C@@H](O)[C@H](Oc2ccc([N+](=O)[O-])cc2)O[C@H](CO)[C@H]1O. The quantitative estimate of drug-likeness (QED) is 0.486. The van der Waals surface area contributed by atoms with Crippen LogP contribution in [-0.4, -0.2) is 64.7 Å². The summed E-state index contributed by atoms with van der Waals surface area (Å²) in [5, 5.41) is 39.7. The van der Waals surface area contributed by atoms with Crippen molar-refractivity contribution in [3.8, 4) is 5.75 Å². The van der Waals surface area contributed by atoms with Crippen LogP contribution in [0.4, 0.5) is 5.69 Å². The highest BCUT2D eigenvalue weighted by atomic mass is 16.7. The zero-order chi connectivity index (χ0) is 16.3. The van der Waals surface area contributed by atoms with Gasteiger partial charge < -0.3 is 29.5 Å². The third-order valence-corrected chi connectivity index (χ3v) is 3.39. The van der Waals surface area contributed by atoms with Gasteiger partial charge in [0.25, 0.3) is 5.69 Å². The lowest BCUT2D eigenvalue weighted by molar-refractivity contribution is -0.384. The van der Waals surface area contributed by atoms with Crippen molar-refractivity contribution in [2.24, 2.45) is 0 Å². The molecule has 0 saturated carbocycles. The topological polar surface area (TPSA) is 132 Å². The van der Waals surface area contributed by atoms with Crippen LogP contribution in [0.15, 0.2) is 24.3 Å². The fourth-order valence-corrected chi connectivity index (χ4v) is 2.21. The highest BCUT2D eigenvalue weighted by Crippen LogP contribution is 2.26. The molecule has 0 unspecified atom stereocenters. The van der Waals surface area contributed by atoms with E-state index in [9.17, 15) is 25.4 Å². The first kappa shape index (κ1) is 16.6. The fourth-order valence-electron chi connectivity index (χ4n) is 2.21. The van der Waals surface area contributed by atoms with Gasteiger partial charge in [0, 0.05) is 19.2 Å². The second-order valence-corrected chi connectivity index (χ2v) is 4.78. The predicted octanol–water partition coefficient (Wildman–Crippen LogP) is -0.572. The summed E-state index contributed by atoms with van der Waals surface area (Å²) in [6, 6.07) is 5.21. The van der Waals surface area contributed by atoms with E-state index in [1.54, 1.807) is 0 Å². The third kappa shape index (κ3) is 3.34. The number of nitro groups is 1. The van der Waals surface area contributed by atoms with Crippen molar-refractivity contribution in [2.45, 2.75) is 30.7 Å². The Hall–Kier alpha value is -1.78. The Bertz CT molecular complexity index is 507. The minimum atomic E-state index is -1.29. The Kier molecular flexibility index (Phi) is 5.27. The number of hydrogen-bond acceptors (Lipinski definition) is 8. The van der Waals surface area contributed by atoms with Gasteiger partial charge in [-0.1, -0.05) is 0 Å². The summed E-state index contributed by atoms with van der Waals surface area (Å²) >= 11 is 0. The van der Waals surface area contributed by atoms with Crippen LogP contribution in [0.2, 0.25) is 0 Å². The maximum atomic E-state index is 10.6. The van der Waals surface area contributed by atoms with Gasteiger partial charge in [-0.25, -0.2) is 0 Å². The van der Waals surface area contributed by atoms with E-state index in [4.69, 9.17) is 14.2 Å². The minimum Gasteiger partial charge on any atom is -0.462 e. The molecule has 22 heavy (non-hydrogen) atoms. The standard InChI is InChI=1S/C13H17NO8/c1-20-12-10(16)9(6-15)22-13(11(12)17)21-8-4-2-7(3-5-8)14(18)19/h2-5,9-13,15-17H,6H2,1H3/t9-,10-,11-,12+,13-/m1/s1. The van der Waals surface area contributed by atoms with Gasteiger partial charge in [0.05, 0.1) is 11.5 Å². The van der Waals surface area contributed by atoms with Gasteiger partial charge in [0.15, 0.2) is 0 Å². The molecular weight excluding hydrogens is 298 g/mol. The number of methoxy groups -OCH3 is 1. The number of aliphatic hydroxyl groups is 3. The van der Waals surface area contributed by atoms with Crippen LogP contribution >= 0.6 is 0 Å². The van der Waals surface area contributed by atoms with Gasteiger partial charge in [-0.15, -0.1) is 0 Å². The molecular formula is C13H17NO8. The molecule has 0 aromatic heterocycles. The van der Waals surface area contributed by atoms with Crippen molar-refractivity contribution in [3.05, 3.63) is 34.4 Å². The number of nitro benzene ring substituents is 1. The number of benzene rings is 1. The molecule has 1 fully saturated rings. The Balaban J connectivity index is 2.11. The van der Waals surface area contributed by atoms with Crippen LogP contribution in [0.5, 0.6) is 5.75 Å². The van der Waals surface area contributed by atoms with E-state index in [1.807, 2.05) is 0 Å². The Labute approximate surface area is 125 Å². The van der Waals surface area contributed by atoms with Crippen molar-refractivity contribution >= 4 is 5.69 Å². The molecule has 3 N–H and O–H groups in total. The van der Waals surface area contributed by atoms with Crippen LogP contribution in [0.25, 0.3) is 0 Å². The summed E-state index contributed by atoms with van der Waals surface area (Å²) in [4.78, 5) is 10.0. The number of nitrogens with zero attached hydrogens (tertiary/aromatic N) is 1. The lowest BCUT2D eigenvalue weighted by Crippen LogP contribution is -2.60. The monoisotopic (exact) mass is 315 g/mol. The zero-order valence-electron chi connectivity index (χ0n) is 11.7. The Morgan fingerprint density at radius 2 is 1.91 bits per heavy atom. The molecule has 0 radical (unpaired) electrons. The second kappa shape index (κ2) is 6.99. The number of rotatable bonds is 5. The van der Waals surface area contributed by atoms with E-state index in [1.165, 1.54) is 31.4 Å². The van der Waals surface area contributed by atoms with Gasteiger partial charge in [0.1, 0.15) is 30.2 Å². The van der Waals surface area contributed by atoms with Crippen molar-refractivity contribution in [1.29, 1.82) is 0 Å². The summed E-state index contributed by atoms with van der Waals surface area (Å²) < 4.78 is 15.7. The highest BCUT2D eigenvalue weighted by Gasteiger charge is 2.45. The second-order valence-electron chi connectivity index (χ2n) is 4.78. The molecule has 2 rings (SSSR count). The number of ether oxygens (including phenoxy) is 3. The van der Waals surface area contributed by atoms with Crippen molar-refractivity contribution in [1.82, 2.24) is 0 Å². The molecule has 0 bridgehead atoms. The van der Waals surface area contributed by atoms with Gasteiger partial charge in [-0.05, 0) is 12.1 Å². The van der Waals surface area contributed by atoms with Crippen LogP contribution in [0.3, 0.4) is 0 Å². The normalized spacial score (nSPS) is 31.7. The molecule has 1 aliphatic rings. The van der Waals surface area contributed by atoms with E-state index in [-0.39, 0.29) is 11.4 Å². The molecule has 1 saturated heterocycles. The maximum Gasteiger partial charge on any atom is 0.269 e. The van der Waals surface area contributed by atoms with Gasteiger partial charge in [-0.3, -0.25) is 10.1 Å². The summed E-state index contributed by atoms with van der Waals surface area (Å²) in [5.41, 5.74) is -0.101. The molecule has 0 spiro atoms. The molecule has 9 nitrogen and oxygen atoms in total. The number of non-ortho nitro benzene ring substituents is 1. The van der Waals surface area contributed by atoms with E-state index < -0.39 is 42.2 Å². The van der Waals surface area contributed by atoms with Crippen LogP contribution in [-0.2, 0) is 9.47 Å². The fraction of sp³-hybridized carbons (Fsp3) is 0.538. The Morgan fingerprint density at radius 1 is 1.27 bits per heavy atom. The van der Waals surface area contributed by atoms with Crippen LogP contribution in [0.1, 0.15) is 0 Å². The maximum absolute atomic E-state index is 10.6. The highest BCUT2D eigenvalue weighted by molar-refractivity contribution is 5.36. The van der Waals surface area contributed by atoms with E-state index >= 15 is 0 Å². The lowest BCUT2D eigenvalue weighted by Gasteiger charge is -2.41. The van der Waals surface area contributed by atoms with Crippen molar-refractivity contribution in [3.63, 3.8) is 0 Å². The summed E-state index contributed by atoms with van der Waals surface area (Å²) in [6.07, 6.45) is -5.66. The van der Waals surface area contributed by atoms with Crippen molar-refractivity contribution < 1.29 is 34.5 Å². The first-order valence-electron chi connectivity index (χ1n) is 6.54. The summed E-state index contributed by atoms with van der Waals surface area (Å²) in [6.45, 7) is -0.478. The molecule has 5 atom stereocenters. The van der Waals surface area contributed by atoms with E-state index in [2.05, 4.69) is 0 Å². The Morgan fingerprint density at radius 3 is 2.41 bits per heavy atom. The van der Waals surface area contributed by atoms with Crippen LogP contribution < -0.4 is 4.74 Å². The van der Waals surface area contributed by atoms with Crippen LogP contribution in [0, 0.1) is 10.1 Å². The third-order valence-electron chi connectivity index (χ3n) is 3.39.